The summed E-state index contributed by atoms with van der Waals surface area (Å²) in [6.45, 7) is 3.74. The maximum absolute atomic E-state index is 12.2. The zero-order valence-electron chi connectivity index (χ0n) is 16.1. The molecule has 0 saturated heterocycles. The van der Waals surface area contributed by atoms with Crippen molar-refractivity contribution in [2.24, 2.45) is 0 Å². The average Bonchev–Trinajstić information content (AvgIpc) is 2.73. The Balaban J connectivity index is 1.75. The van der Waals surface area contributed by atoms with Crippen LogP contribution in [0.25, 0.3) is 0 Å². The topological polar surface area (TPSA) is 81.7 Å². The predicted molar refractivity (Wildman–Crippen MR) is 105 cm³/mol. The number of ether oxygens (including phenoxy) is 2. The summed E-state index contributed by atoms with van der Waals surface area (Å²) in [6, 6.07) is 16.3. The van der Waals surface area contributed by atoms with E-state index in [0.717, 1.165) is 18.3 Å². The molecule has 2 rings (SSSR count). The van der Waals surface area contributed by atoms with Crippen molar-refractivity contribution in [2.75, 3.05) is 13.2 Å². The summed E-state index contributed by atoms with van der Waals surface area (Å²) in [5, 5.41) is 2.83. The SMILES string of the molecule is CC[C@@H](CNC(=O)[C@@H](C)OC(=O)COc1ccc(C=O)cc1)c1ccccc1. The summed E-state index contributed by atoms with van der Waals surface area (Å²) >= 11 is 0. The molecule has 6 heteroatoms. The van der Waals surface area contributed by atoms with Gasteiger partial charge in [-0.3, -0.25) is 9.59 Å². The first-order valence-corrected chi connectivity index (χ1v) is 9.23. The lowest BCUT2D eigenvalue weighted by atomic mass is 9.96. The Hall–Kier alpha value is -3.15. The van der Waals surface area contributed by atoms with E-state index < -0.39 is 12.1 Å². The number of esters is 1. The molecule has 0 spiro atoms. The van der Waals surface area contributed by atoms with Crippen molar-refractivity contribution in [1.82, 2.24) is 5.32 Å². The molecule has 0 aromatic heterocycles. The van der Waals surface area contributed by atoms with Gasteiger partial charge in [-0.15, -0.1) is 0 Å². The molecule has 1 amide bonds. The lowest BCUT2D eigenvalue weighted by Crippen LogP contribution is -2.38. The van der Waals surface area contributed by atoms with Gasteiger partial charge >= 0.3 is 5.97 Å². The predicted octanol–water partition coefficient (Wildman–Crippen LogP) is 3.12. The Morgan fingerprint density at radius 3 is 2.36 bits per heavy atom. The molecule has 2 aromatic rings. The molecular formula is C22H25NO5. The summed E-state index contributed by atoms with van der Waals surface area (Å²) < 4.78 is 10.4. The number of carbonyl (C=O) groups excluding carboxylic acids is 3. The number of aldehydes is 1. The Kier molecular flexibility index (Phi) is 8.21. The first-order chi connectivity index (χ1) is 13.5. The molecule has 0 radical (unpaired) electrons. The van der Waals surface area contributed by atoms with Gasteiger partial charge in [0.15, 0.2) is 12.7 Å². The lowest BCUT2D eigenvalue weighted by molar-refractivity contribution is -0.156. The molecular weight excluding hydrogens is 358 g/mol. The van der Waals surface area contributed by atoms with E-state index >= 15 is 0 Å². The smallest absolute Gasteiger partial charge is 0.344 e. The van der Waals surface area contributed by atoms with Crippen LogP contribution in [0.1, 0.15) is 42.1 Å². The van der Waals surface area contributed by atoms with Crippen LogP contribution >= 0.6 is 0 Å². The van der Waals surface area contributed by atoms with Gasteiger partial charge in [-0.05, 0) is 43.2 Å². The molecule has 1 N–H and O–H groups in total. The van der Waals surface area contributed by atoms with Crippen LogP contribution < -0.4 is 10.1 Å². The van der Waals surface area contributed by atoms with E-state index in [1.54, 1.807) is 24.3 Å². The van der Waals surface area contributed by atoms with E-state index in [0.29, 0.717) is 17.9 Å². The number of hydrogen-bond donors (Lipinski definition) is 1. The molecule has 0 aliphatic carbocycles. The summed E-state index contributed by atoms with van der Waals surface area (Å²) in [5.41, 5.74) is 1.67. The van der Waals surface area contributed by atoms with Gasteiger partial charge in [0.25, 0.3) is 5.91 Å². The van der Waals surface area contributed by atoms with E-state index in [1.807, 2.05) is 30.3 Å². The second-order valence-corrected chi connectivity index (χ2v) is 6.37. The van der Waals surface area contributed by atoms with Gasteiger partial charge in [-0.1, -0.05) is 37.3 Å². The van der Waals surface area contributed by atoms with Crippen LogP contribution in [0.5, 0.6) is 5.75 Å². The zero-order valence-corrected chi connectivity index (χ0v) is 16.1. The Bertz CT molecular complexity index is 773. The number of benzene rings is 2. The standard InChI is InChI=1S/C22H25NO5/c1-3-18(19-7-5-4-6-8-19)13-23-22(26)16(2)28-21(25)15-27-20-11-9-17(14-24)10-12-20/h4-12,14,16,18H,3,13,15H2,1-2H3,(H,23,26)/t16-,18+/m1/s1. The van der Waals surface area contributed by atoms with E-state index in [1.165, 1.54) is 6.92 Å². The Morgan fingerprint density at radius 2 is 1.75 bits per heavy atom. The largest absolute Gasteiger partial charge is 0.482 e. The van der Waals surface area contributed by atoms with Gasteiger partial charge < -0.3 is 14.8 Å². The molecule has 2 atom stereocenters. The fourth-order valence-corrected chi connectivity index (χ4v) is 2.66. The maximum atomic E-state index is 12.2. The van der Waals surface area contributed by atoms with Crippen LogP contribution in [-0.2, 0) is 14.3 Å². The van der Waals surface area contributed by atoms with Gasteiger partial charge in [-0.2, -0.15) is 0 Å². The highest BCUT2D eigenvalue weighted by molar-refractivity contribution is 5.83. The van der Waals surface area contributed by atoms with Crippen molar-refractivity contribution in [3.05, 3.63) is 65.7 Å². The summed E-state index contributed by atoms with van der Waals surface area (Å²) in [6.07, 6.45) is 0.691. The molecule has 148 valence electrons. The normalized spacial score (nSPS) is 12.5. The van der Waals surface area contributed by atoms with E-state index in [4.69, 9.17) is 9.47 Å². The molecule has 0 bridgehead atoms. The van der Waals surface area contributed by atoms with Crippen molar-refractivity contribution in [3.8, 4) is 5.75 Å². The van der Waals surface area contributed by atoms with Gasteiger partial charge in [0.2, 0.25) is 0 Å². The zero-order chi connectivity index (χ0) is 20.4. The molecule has 6 nitrogen and oxygen atoms in total. The van der Waals surface area contributed by atoms with Crippen molar-refractivity contribution < 1.29 is 23.9 Å². The number of carbonyl (C=O) groups is 3. The van der Waals surface area contributed by atoms with Crippen LogP contribution in [0.3, 0.4) is 0 Å². The quantitative estimate of drug-likeness (QED) is 0.504. The fourth-order valence-electron chi connectivity index (χ4n) is 2.66. The molecule has 0 fully saturated rings. The highest BCUT2D eigenvalue weighted by atomic mass is 16.6. The summed E-state index contributed by atoms with van der Waals surface area (Å²) in [7, 11) is 0. The molecule has 0 aliphatic rings. The molecule has 0 aliphatic heterocycles. The van der Waals surface area contributed by atoms with Gasteiger partial charge in [0, 0.05) is 18.0 Å². The third-order valence-corrected chi connectivity index (χ3v) is 4.34. The number of amides is 1. The van der Waals surface area contributed by atoms with E-state index in [2.05, 4.69) is 12.2 Å². The second-order valence-electron chi connectivity index (χ2n) is 6.37. The Morgan fingerprint density at radius 1 is 1.07 bits per heavy atom. The minimum atomic E-state index is -0.915. The van der Waals surface area contributed by atoms with Crippen molar-refractivity contribution in [3.63, 3.8) is 0 Å². The number of rotatable bonds is 10. The van der Waals surface area contributed by atoms with Crippen molar-refractivity contribution >= 4 is 18.2 Å². The van der Waals surface area contributed by atoms with Crippen molar-refractivity contribution in [2.45, 2.75) is 32.3 Å². The second kappa shape index (κ2) is 10.9. The molecule has 28 heavy (non-hydrogen) atoms. The first kappa shape index (κ1) is 21.2. The highest BCUT2D eigenvalue weighted by Crippen LogP contribution is 2.18. The van der Waals surface area contributed by atoms with Crippen molar-refractivity contribution in [1.29, 1.82) is 0 Å². The molecule has 0 unspecified atom stereocenters. The van der Waals surface area contributed by atoms with Crippen LogP contribution in [0.2, 0.25) is 0 Å². The average molecular weight is 383 g/mol. The van der Waals surface area contributed by atoms with E-state index in [9.17, 15) is 14.4 Å². The van der Waals surface area contributed by atoms with Gasteiger partial charge in [-0.25, -0.2) is 4.79 Å². The van der Waals surface area contributed by atoms with Gasteiger partial charge in [0.1, 0.15) is 12.0 Å². The summed E-state index contributed by atoms with van der Waals surface area (Å²) in [5.74, 6) is -0.352. The first-order valence-electron chi connectivity index (χ1n) is 9.23. The summed E-state index contributed by atoms with van der Waals surface area (Å²) in [4.78, 5) is 34.7. The fraction of sp³-hybridized carbons (Fsp3) is 0.318. The van der Waals surface area contributed by atoms with Crippen LogP contribution in [-0.4, -0.2) is 37.4 Å². The van der Waals surface area contributed by atoms with E-state index in [-0.39, 0.29) is 18.4 Å². The highest BCUT2D eigenvalue weighted by Gasteiger charge is 2.19. The maximum Gasteiger partial charge on any atom is 0.344 e. The minimum Gasteiger partial charge on any atom is -0.482 e. The molecule has 0 heterocycles. The lowest BCUT2D eigenvalue weighted by Gasteiger charge is -2.18. The third-order valence-electron chi connectivity index (χ3n) is 4.34. The monoisotopic (exact) mass is 383 g/mol. The van der Waals surface area contributed by atoms with Crippen LogP contribution in [0.15, 0.2) is 54.6 Å². The Labute approximate surface area is 164 Å². The number of nitrogens with one attached hydrogen (secondary N) is 1. The number of hydrogen-bond acceptors (Lipinski definition) is 5. The molecule has 2 aromatic carbocycles. The van der Waals surface area contributed by atoms with Crippen LogP contribution in [0, 0.1) is 0 Å². The van der Waals surface area contributed by atoms with Crippen LogP contribution in [0.4, 0.5) is 0 Å². The minimum absolute atomic E-state index is 0.200. The third kappa shape index (κ3) is 6.54. The van der Waals surface area contributed by atoms with Gasteiger partial charge in [0.05, 0.1) is 0 Å². The molecule has 0 saturated carbocycles.